The largest absolute Gasteiger partial charge is 0.309 e. The highest BCUT2D eigenvalue weighted by atomic mass is 32.1. The number of rotatable bonds is 3. The van der Waals surface area contributed by atoms with Crippen molar-refractivity contribution in [2.75, 3.05) is 0 Å². The number of fused-ring (bicyclic) bond motifs is 2. The van der Waals surface area contributed by atoms with Crippen molar-refractivity contribution >= 4 is 96.8 Å². The number of nitrogens with zero attached hydrogens (tertiary/aromatic N) is 4. The smallest absolute Gasteiger partial charge is 0.235 e. The summed E-state index contributed by atoms with van der Waals surface area (Å²) in [6.45, 7) is 0. The van der Waals surface area contributed by atoms with Gasteiger partial charge in [0.2, 0.25) is 5.95 Å². The Kier molecular flexibility index (Phi) is 4.83. The number of hydrogen-bond acceptors (Lipinski definition) is 3. The first-order valence-electron chi connectivity index (χ1n) is 16.6. The quantitative estimate of drug-likeness (QED) is 0.193. The maximum Gasteiger partial charge on any atom is 0.235 e. The van der Waals surface area contributed by atoms with Gasteiger partial charge in [0.05, 0.1) is 33.3 Å². The van der Waals surface area contributed by atoms with Crippen LogP contribution in [0.5, 0.6) is 0 Å². The molecule has 0 unspecified atom stereocenters. The van der Waals surface area contributed by atoms with Crippen molar-refractivity contribution in [3.05, 3.63) is 146 Å². The van der Waals surface area contributed by atoms with Crippen molar-refractivity contribution in [1.82, 2.24) is 19.1 Å². The number of para-hydroxylation sites is 2. The summed E-state index contributed by atoms with van der Waals surface area (Å²) in [7, 11) is 0. The van der Waals surface area contributed by atoms with E-state index in [2.05, 4.69) is 155 Å². The highest BCUT2D eigenvalue weighted by molar-refractivity contribution is 7.26. The number of thiophene rings is 1. The van der Waals surface area contributed by atoms with E-state index >= 15 is 0 Å². The van der Waals surface area contributed by atoms with Gasteiger partial charge in [0.1, 0.15) is 0 Å². The Hall–Kier alpha value is -6.30. The molecule has 226 valence electrons. The highest BCUT2D eigenvalue weighted by Crippen LogP contribution is 2.51. The molecule has 5 heteroatoms. The summed E-state index contributed by atoms with van der Waals surface area (Å²) in [6, 6.07) is 52.4. The zero-order valence-corrected chi connectivity index (χ0v) is 26.9. The molecule has 0 saturated heterocycles. The second-order valence-corrected chi connectivity index (χ2v) is 14.0. The van der Waals surface area contributed by atoms with Crippen LogP contribution < -0.4 is 0 Å². The second-order valence-electron chi connectivity index (χ2n) is 12.9. The molecule has 0 amide bonds. The number of benzene rings is 7. The number of aromatic nitrogens is 4. The molecule has 0 radical (unpaired) electrons. The molecule has 0 saturated carbocycles. The van der Waals surface area contributed by atoms with Crippen molar-refractivity contribution in [2.24, 2.45) is 0 Å². The van der Waals surface area contributed by atoms with Crippen LogP contribution >= 0.6 is 11.3 Å². The average molecular weight is 641 g/mol. The summed E-state index contributed by atoms with van der Waals surface area (Å²) in [6.07, 6.45) is 0. The van der Waals surface area contributed by atoms with Gasteiger partial charge in [-0.15, -0.1) is 11.3 Å². The lowest BCUT2D eigenvalue weighted by Crippen LogP contribution is -2.03. The molecule has 12 rings (SSSR count). The van der Waals surface area contributed by atoms with E-state index < -0.39 is 0 Å². The van der Waals surface area contributed by atoms with E-state index in [4.69, 9.17) is 9.97 Å². The Morgan fingerprint density at radius 1 is 0.388 bits per heavy atom. The summed E-state index contributed by atoms with van der Waals surface area (Å²) < 4.78 is 7.39. The third kappa shape index (κ3) is 3.23. The predicted molar refractivity (Wildman–Crippen MR) is 206 cm³/mol. The molecule has 4 heterocycles. The summed E-state index contributed by atoms with van der Waals surface area (Å²) in [5, 5.41) is 11.4. The van der Waals surface area contributed by atoms with E-state index in [1.165, 1.54) is 63.5 Å². The molecule has 0 aliphatic carbocycles. The highest BCUT2D eigenvalue weighted by Gasteiger charge is 2.27. The Bertz CT molecular complexity index is 3260. The minimum absolute atomic E-state index is 0.678. The lowest BCUT2D eigenvalue weighted by atomic mass is 9.95. The molecule has 0 fully saturated rings. The van der Waals surface area contributed by atoms with Gasteiger partial charge in [-0.3, -0.25) is 4.57 Å². The third-order valence-corrected chi connectivity index (χ3v) is 11.6. The fourth-order valence-corrected chi connectivity index (χ4v) is 9.69. The van der Waals surface area contributed by atoms with Gasteiger partial charge in [-0.2, -0.15) is 0 Å². The topological polar surface area (TPSA) is 35.6 Å². The Balaban J connectivity index is 1.35. The third-order valence-electron chi connectivity index (χ3n) is 10.5. The zero-order chi connectivity index (χ0) is 31.8. The maximum atomic E-state index is 5.39. The molecule has 0 spiro atoms. The van der Waals surface area contributed by atoms with Crippen LogP contribution in [0.15, 0.2) is 146 Å². The van der Waals surface area contributed by atoms with Gasteiger partial charge in [-0.25, -0.2) is 9.97 Å². The van der Waals surface area contributed by atoms with Crippen LogP contribution in [0, 0.1) is 0 Å². The first-order chi connectivity index (χ1) is 24.3. The van der Waals surface area contributed by atoms with Crippen LogP contribution in [0.25, 0.3) is 108 Å². The lowest BCUT2D eigenvalue weighted by molar-refractivity contribution is 1.01. The summed E-state index contributed by atoms with van der Waals surface area (Å²) in [4.78, 5) is 10.7. The molecule has 0 N–H and O–H groups in total. The Labute approximate surface area is 283 Å². The van der Waals surface area contributed by atoms with E-state index in [0.29, 0.717) is 5.95 Å². The van der Waals surface area contributed by atoms with Crippen molar-refractivity contribution in [3.8, 4) is 22.9 Å². The predicted octanol–water partition coefficient (Wildman–Crippen LogP) is 11.9. The van der Waals surface area contributed by atoms with Crippen LogP contribution in [-0.2, 0) is 0 Å². The minimum atomic E-state index is 0.678. The van der Waals surface area contributed by atoms with E-state index in [1.54, 1.807) is 0 Å². The molecular formula is C44H24N4S. The van der Waals surface area contributed by atoms with Crippen LogP contribution in [0.3, 0.4) is 0 Å². The monoisotopic (exact) mass is 640 g/mol. The lowest BCUT2D eigenvalue weighted by Gasteiger charge is -2.12. The van der Waals surface area contributed by atoms with Crippen molar-refractivity contribution in [1.29, 1.82) is 0 Å². The minimum Gasteiger partial charge on any atom is -0.309 e. The van der Waals surface area contributed by atoms with Crippen molar-refractivity contribution in [3.63, 3.8) is 0 Å². The normalized spacial score (nSPS) is 12.5. The number of hydrogen-bond donors (Lipinski definition) is 0. The van der Waals surface area contributed by atoms with Gasteiger partial charge >= 0.3 is 0 Å². The van der Waals surface area contributed by atoms with Crippen LogP contribution in [-0.4, -0.2) is 19.1 Å². The van der Waals surface area contributed by atoms with Gasteiger partial charge in [-0.1, -0.05) is 91.0 Å². The fourth-order valence-electron chi connectivity index (χ4n) is 8.55. The summed E-state index contributed by atoms with van der Waals surface area (Å²) in [5.74, 6) is 0.678. The first kappa shape index (κ1) is 25.7. The first-order valence-corrected chi connectivity index (χ1v) is 17.4. The average Bonchev–Trinajstić information content (AvgIpc) is 3.82. The maximum absolute atomic E-state index is 5.39. The molecule has 0 atom stereocenters. The standard InChI is InChI=1S/C44H24N4S/c1-3-11-25(12-4-1)43-29-15-7-8-18-30(29)45-44(46-43)48-31-19-9-16-27-28-17-10-20-35-38(28)42-36(49-35)24-23-33-41(42)40-32(21-22-34(48)39(40)37(27)31)47(33)26-13-5-2-6-14-26/h1-24H. The van der Waals surface area contributed by atoms with Crippen molar-refractivity contribution < 1.29 is 0 Å². The van der Waals surface area contributed by atoms with E-state index in [0.717, 1.165) is 38.9 Å². The Morgan fingerprint density at radius 2 is 0.980 bits per heavy atom. The molecule has 0 aliphatic rings. The Morgan fingerprint density at radius 3 is 1.82 bits per heavy atom. The zero-order valence-electron chi connectivity index (χ0n) is 26.1. The molecule has 0 aliphatic heterocycles. The van der Waals surface area contributed by atoms with Gasteiger partial charge in [0.15, 0.2) is 0 Å². The molecule has 4 nitrogen and oxygen atoms in total. The van der Waals surface area contributed by atoms with E-state index in [-0.39, 0.29) is 0 Å². The van der Waals surface area contributed by atoms with Gasteiger partial charge in [-0.05, 0) is 65.4 Å². The van der Waals surface area contributed by atoms with Gasteiger partial charge in [0.25, 0.3) is 0 Å². The van der Waals surface area contributed by atoms with E-state index in [1.807, 2.05) is 11.3 Å². The molecule has 49 heavy (non-hydrogen) atoms. The van der Waals surface area contributed by atoms with Gasteiger partial charge < -0.3 is 4.57 Å². The van der Waals surface area contributed by atoms with Crippen LogP contribution in [0.1, 0.15) is 0 Å². The SMILES string of the molecule is c1ccc(-c2nc(-n3c4cccc5c6cccc7sc8ccc9c(c8c76)c6c(c54)c3ccc6n9-c3ccccc3)nc3ccccc23)cc1. The van der Waals surface area contributed by atoms with Crippen LogP contribution in [0.4, 0.5) is 0 Å². The second kappa shape index (κ2) is 9.19. The van der Waals surface area contributed by atoms with Crippen molar-refractivity contribution in [2.45, 2.75) is 0 Å². The summed E-state index contributed by atoms with van der Waals surface area (Å²) in [5.41, 5.74) is 8.76. The van der Waals surface area contributed by atoms with E-state index in [9.17, 15) is 0 Å². The molecule has 8 aromatic carbocycles. The van der Waals surface area contributed by atoms with Gasteiger partial charge in [0, 0.05) is 58.4 Å². The molecule has 0 bridgehead atoms. The molecular weight excluding hydrogens is 617 g/mol. The molecule has 12 aromatic rings. The van der Waals surface area contributed by atoms with Crippen LogP contribution in [0.2, 0.25) is 0 Å². The molecule has 4 aromatic heterocycles. The summed E-state index contributed by atoms with van der Waals surface area (Å²) >= 11 is 1.89. The fraction of sp³-hybridized carbons (Fsp3) is 0.